The molecule has 0 amide bonds. The van der Waals surface area contributed by atoms with Crippen molar-refractivity contribution in [3.63, 3.8) is 0 Å². The molecular weight excluding hydrogens is 112 g/mol. The van der Waals surface area contributed by atoms with Gasteiger partial charge in [-0.2, -0.15) is 5.10 Å². The molecule has 0 aliphatic rings. The van der Waals surface area contributed by atoms with Crippen LogP contribution in [0.4, 0.5) is 0 Å². The molecule has 0 spiro atoms. The van der Waals surface area contributed by atoms with Crippen LogP contribution in [0.5, 0.6) is 0 Å². The lowest BCUT2D eigenvalue weighted by Gasteiger charge is -1.92. The number of hydrogen-bond acceptors (Lipinski definition) is 2. The van der Waals surface area contributed by atoms with Crippen LogP contribution in [0.25, 0.3) is 0 Å². The summed E-state index contributed by atoms with van der Waals surface area (Å²) in [5.41, 5.74) is 2.94. The van der Waals surface area contributed by atoms with E-state index >= 15 is 0 Å². The van der Waals surface area contributed by atoms with Gasteiger partial charge in [0, 0.05) is 12.8 Å². The lowest BCUT2D eigenvalue weighted by molar-refractivity contribution is 0.716. The van der Waals surface area contributed by atoms with Gasteiger partial charge in [0.05, 0.1) is 0 Å². The Morgan fingerprint density at radius 3 is 2.67 bits per heavy atom. The summed E-state index contributed by atoms with van der Waals surface area (Å²) in [6.07, 6.45) is 5.33. The van der Waals surface area contributed by atoms with Gasteiger partial charge in [-0.1, -0.05) is 20.3 Å². The summed E-state index contributed by atoms with van der Waals surface area (Å²) in [6, 6.07) is 0. The smallest absolute Gasteiger partial charge is 0.0326 e. The van der Waals surface area contributed by atoms with Crippen LogP contribution in [0.3, 0.4) is 0 Å². The summed E-state index contributed by atoms with van der Waals surface area (Å²) in [4.78, 5) is 0. The molecule has 2 heteroatoms. The van der Waals surface area contributed by atoms with Crippen molar-refractivity contribution in [3.8, 4) is 0 Å². The lowest BCUT2D eigenvalue weighted by atomic mass is 10.4. The van der Waals surface area contributed by atoms with E-state index in [0.717, 1.165) is 19.4 Å². The Morgan fingerprint density at radius 2 is 2.11 bits per heavy atom. The molecular formula is C7H16N2. The predicted octanol–water partition coefficient (Wildman–Crippen LogP) is 1.77. The van der Waals surface area contributed by atoms with Crippen molar-refractivity contribution in [1.82, 2.24) is 5.43 Å². The Bertz CT molecular complexity index is 69.3. The molecule has 0 saturated carbocycles. The van der Waals surface area contributed by atoms with Crippen LogP contribution in [0.15, 0.2) is 5.10 Å². The standard InChI is InChI=1S/C7H16N2/c1-3-5-7-9-8-6-4-2/h7-8H,3-6H2,1-2H3/b9-7+. The molecule has 0 aliphatic carbocycles. The van der Waals surface area contributed by atoms with Crippen molar-refractivity contribution in [2.75, 3.05) is 6.54 Å². The zero-order valence-electron chi connectivity index (χ0n) is 6.35. The van der Waals surface area contributed by atoms with Crippen LogP contribution in [0, 0.1) is 0 Å². The van der Waals surface area contributed by atoms with Gasteiger partial charge < -0.3 is 5.43 Å². The van der Waals surface area contributed by atoms with Gasteiger partial charge >= 0.3 is 0 Å². The fraction of sp³-hybridized carbons (Fsp3) is 0.857. The van der Waals surface area contributed by atoms with E-state index in [-0.39, 0.29) is 0 Å². The Balaban J connectivity index is 2.86. The van der Waals surface area contributed by atoms with Crippen molar-refractivity contribution < 1.29 is 0 Å². The van der Waals surface area contributed by atoms with Gasteiger partial charge in [0.2, 0.25) is 0 Å². The third-order valence-electron chi connectivity index (χ3n) is 0.962. The van der Waals surface area contributed by atoms with E-state index in [1.54, 1.807) is 0 Å². The van der Waals surface area contributed by atoms with Crippen LogP contribution in [-0.2, 0) is 0 Å². The second-order valence-corrected chi connectivity index (χ2v) is 2.01. The van der Waals surface area contributed by atoms with Gasteiger partial charge in [-0.05, 0) is 12.8 Å². The summed E-state index contributed by atoms with van der Waals surface area (Å²) >= 11 is 0. The zero-order valence-corrected chi connectivity index (χ0v) is 6.35. The highest BCUT2D eigenvalue weighted by molar-refractivity contribution is 5.56. The molecule has 0 bridgehead atoms. The number of nitrogens with one attached hydrogen (secondary N) is 1. The first kappa shape index (κ1) is 8.47. The van der Waals surface area contributed by atoms with Crippen molar-refractivity contribution in [1.29, 1.82) is 0 Å². The lowest BCUT2D eigenvalue weighted by Crippen LogP contribution is -2.05. The summed E-state index contributed by atoms with van der Waals surface area (Å²) in [5.74, 6) is 0. The average Bonchev–Trinajstić information content (AvgIpc) is 1.89. The largest absolute Gasteiger partial charge is 0.310 e. The molecule has 0 fully saturated rings. The average molecular weight is 128 g/mol. The first-order chi connectivity index (χ1) is 4.41. The molecule has 0 rings (SSSR count). The van der Waals surface area contributed by atoms with Crippen molar-refractivity contribution >= 4 is 6.21 Å². The maximum absolute atomic E-state index is 3.98. The van der Waals surface area contributed by atoms with Gasteiger partial charge in [0.15, 0.2) is 0 Å². The number of hydrogen-bond donors (Lipinski definition) is 1. The molecule has 0 aliphatic heterocycles. The van der Waals surface area contributed by atoms with Crippen molar-refractivity contribution in [3.05, 3.63) is 0 Å². The molecule has 1 N–H and O–H groups in total. The van der Waals surface area contributed by atoms with Gasteiger partial charge in [0.1, 0.15) is 0 Å². The number of nitrogens with zero attached hydrogens (tertiary/aromatic N) is 1. The number of rotatable bonds is 5. The molecule has 2 nitrogen and oxygen atoms in total. The van der Waals surface area contributed by atoms with E-state index in [2.05, 4.69) is 24.4 Å². The molecule has 0 saturated heterocycles. The highest BCUT2D eigenvalue weighted by Crippen LogP contribution is 1.78. The summed E-state index contributed by atoms with van der Waals surface area (Å²) in [5, 5.41) is 3.98. The van der Waals surface area contributed by atoms with Gasteiger partial charge in [0.25, 0.3) is 0 Å². The monoisotopic (exact) mass is 128 g/mol. The number of hydrazone groups is 1. The molecule has 0 aromatic heterocycles. The Labute approximate surface area is 57.3 Å². The van der Waals surface area contributed by atoms with Gasteiger partial charge in [-0.3, -0.25) is 0 Å². The molecule has 0 unspecified atom stereocenters. The minimum absolute atomic E-state index is 0.986. The third-order valence-corrected chi connectivity index (χ3v) is 0.962. The van der Waals surface area contributed by atoms with Crippen LogP contribution in [0.1, 0.15) is 33.1 Å². The molecule has 54 valence electrons. The normalized spacial score (nSPS) is 10.4. The zero-order chi connectivity index (χ0) is 6.95. The minimum Gasteiger partial charge on any atom is -0.310 e. The van der Waals surface area contributed by atoms with Crippen LogP contribution < -0.4 is 5.43 Å². The summed E-state index contributed by atoms with van der Waals surface area (Å²) in [6.45, 7) is 5.26. The fourth-order valence-electron chi connectivity index (χ4n) is 0.435. The van der Waals surface area contributed by atoms with Gasteiger partial charge in [-0.25, -0.2) is 0 Å². The van der Waals surface area contributed by atoms with Crippen LogP contribution in [0.2, 0.25) is 0 Å². The molecule has 0 aromatic rings. The number of unbranched alkanes of at least 4 members (excludes halogenated alkanes) is 1. The molecule has 9 heavy (non-hydrogen) atoms. The molecule has 0 radical (unpaired) electrons. The first-order valence-electron chi connectivity index (χ1n) is 3.66. The Kier molecular flexibility index (Phi) is 7.03. The molecule has 0 atom stereocenters. The van der Waals surface area contributed by atoms with Gasteiger partial charge in [-0.15, -0.1) is 0 Å². The first-order valence-corrected chi connectivity index (χ1v) is 3.66. The maximum Gasteiger partial charge on any atom is 0.0326 e. The van der Waals surface area contributed by atoms with E-state index in [1.165, 1.54) is 6.42 Å². The minimum atomic E-state index is 0.986. The Hall–Kier alpha value is -0.530. The topological polar surface area (TPSA) is 24.4 Å². The van der Waals surface area contributed by atoms with E-state index in [4.69, 9.17) is 0 Å². The molecule has 0 aromatic carbocycles. The maximum atomic E-state index is 3.98. The third kappa shape index (κ3) is 7.47. The Morgan fingerprint density at radius 1 is 1.33 bits per heavy atom. The van der Waals surface area contributed by atoms with Crippen LogP contribution in [-0.4, -0.2) is 12.8 Å². The highest BCUT2D eigenvalue weighted by Gasteiger charge is 1.73. The van der Waals surface area contributed by atoms with E-state index in [9.17, 15) is 0 Å². The van der Waals surface area contributed by atoms with E-state index in [0.29, 0.717) is 0 Å². The quantitative estimate of drug-likeness (QED) is 0.340. The van der Waals surface area contributed by atoms with E-state index < -0.39 is 0 Å². The predicted molar refractivity (Wildman–Crippen MR) is 41.7 cm³/mol. The van der Waals surface area contributed by atoms with E-state index in [1.807, 2.05) is 6.21 Å². The second kappa shape index (κ2) is 7.47. The molecule has 0 heterocycles. The second-order valence-electron chi connectivity index (χ2n) is 2.01. The SMILES string of the molecule is CCC/C=N/NCCC. The summed E-state index contributed by atoms with van der Waals surface area (Å²) < 4.78 is 0. The highest BCUT2D eigenvalue weighted by atomic mass is 15.3. The fourth-order valence-corrected chi connectivity index (χ4v) is 0.435. The summed E-state index contributed by atoms with van der Waals surface area (Å²) in [7, 11) is 0. The van der Waals surface area contributed by atoms with Crippen molar-refractivity contribution in [2.45, 2.75) is 33.1 Å². The van der Waals surface area contributed by atoms with Crippen LogP contribution >= 0.6 is 0 Å². The van der Waals surface area contributed by atoms with Crippen molar-refractivity contribution in [2.24, 2.45) is 5.10 Å².